The van der Waals surface area contributed by atoms with Gasteiger partial charge in [0.1, 0.15) is 28.8 Å². The third-order valence-electron chi connectivity index (χ3n) is 8.87. The van der Waals surface area contributed by atoms with Crippen LogP contribution in [0.5, 0.6) is 5.75 Å². The number of amides is 2. The largest absolute Gasteiger partial charge is 0.495 e. The molecule has 5 rings (SSSR count). The van der Waals surface area contributed by atoms with Crippen LogP contribution in [0, 0.1) is 5.92 Å². The molecule has 0 radical (unpaired) electrons. The molecule has 0 saturated carbocycles. The molecule has 57 heavy (non-hydrogen) atoms. The van der Waals surface area contributed by atoms with Gasteiger partial charge in [0.05, 0.1) is 45.7 Å². The number of pyridine rings is 1. The zero-order chi connectivity index (χ0) is 40.7. The van der Waals surface area contributed by atoms with Gasteiger partial charge in [-0.1, -0.05) is 44.2 Å². The molecule has 0 aliphatic rings. The summed E-state index contributed by atoms with van der Waals surface area (Å²) in [5.74, 6) is -0.329. The fourth-order valence-electron chi connectivity index (χ4n) is 5.86. The van der Waals surface area contributed by atoms with Crippen molar-refractivity contribution in [2.45, 2.75) is 64.3 Å². The lowest BCUT2D eigenvalue weighted by molar-refractivity contribution is -0.134. The van der Waals surface area contributed by atoms with Crippen molar-refractivity contribution in [1.82, 2.24) is 25.1 Å². The number of ether oxygens (including phenoxy) is 3. The molecule has 2 aromatic carbocycles. The van der Waals surface area contributed by atoms with E-state index < -0.39 is 30.0 Å². The molecule has 0 aliphatic heterocycles. The number of benzene rings is 2. The van der Waals surface area contributed by atoms with Crippen LogP contribution in [-0.4, -0.2) is 94.2 Å². The molecule has 3 aromatic heterocycles. The van der Waals surface area contributed by atoms with Crippen LogP contribution in [0.25, 0.3) is 22.7 Å². The number of hydrogen-bond donors (Lipinski definition) is 4. The summed E-state index contributed by atoms with van der Waals surface area (Å²) in [4.78, 5) is 59.6. The minimum absolute atomic E-state index is 0.138. The van der Waals surface area contributed by atoms with Gasteiger partial charge in [0.2, 0.25) is 5.89 Å². The maximum absolute atomic E-state index is 13.0. The molecule has 5 aromatic rings. The summed E-state index contributed by atoms with van der Waals surface area (Å²) in [5.41, 5.74) is 8.69. The number of anilines is 1. The van der Waals surface area contributed by atoms with Crippen LogP contribution in [0.15, 0.2) is 88.2 Å². The topological polar surface area (TPSA) is 223 Å². The Morgan fingerprint density at radius 3 is 2.46 bits per heavy atom. The summed E-state index contributed by atoms with van der Waals surface area (Å²) < 4.78 is 23.5. The summed E-state index contributed by atoms with van der Waals surface area (Å²) in [7, 11) is 1.52. The lowest BCUT2D eigenvalue weighted by atomic mass is 9.96. The number of carbonyl (C=O) groups is 3. The third kappa shape index (κ3) is 12.6. The number of nitrogens with one attached hydrogen (secondary N) is 2. The fraction of sp³-hybridized carbons (Fsp3) is 0.390. The highest BCUT2D eigenvalue weighted by Gasteiger charge is 2.28. The lowest BCUT2D eigenvalue weighted by Gasteiger charge is -2.24. The second kappa shape index (κ2) is 20.9. The molecule has 0 fully saturated rings. The first-order chi connectivity index (χ1) is 27.5. The first-order valence-electron chi connectivity index (χ1n) is 18.8. The van der Waals surface area contributed by atoms with Gasteiger partial charge < -0.3 is 40.1 Å². The molecule has 0 aliphatic carbocycles. The predicted octanol–water partition coefficient (Wildman–Crippen LogP) is 3.55. The monoisotopic (exact) mass is 783 g/mol. The number of ketones is 1. The number of aliphatic hydroxyl groups is 1. The molecule has 16 nitrogen and oxygen atoms in total. The minimum Gasteiger partial charge on any atom is -0.495 e. The van der Waals surface area contributed by atoms with Gasteiger partial charge in [-0.3, -0.25) is 19.2 Å². The Morgan fingerprint density at radius 2 is 1.74 bits per heavy atom. The minimum atomic E-state index is -1.45. The molecule has 0 unspecified atom stereocenters. The average Bonchev–Trinajstić information content (AvgIpc) is 3.64. The summed E-state index contributed by atoms with van der Waals surface area (Å²) in [5, 5.41) is 20.4. The van der Waals surface area contributed by atoms with Crippen LogP contribution >= 0.6 is 0 Å². The molecule has 16 heteroatoms. The molecule has 5 N–H and O–H groups in total. The van der Waals surface area contributed by atoms with E-state index in [2.05, 4.69) is 25.7 Å². The molecule has 0 bridgehead atoms. The van der Waals surface area contributed by atoms with Gasteiger partial charge in [-0.2, -0.15) is 5.10 Å². The maximum Gasteiger partial charge on any atom is 0.274 e. The number of aromatic nitrogens is 4. The van der Waals surface area contributed by atoms with Gasteiger partial charge in [0, 0.05) is 30.8 Å². The molecular formula is C41H49N7O9. The van der Waals surface area contributed by atoms with Gasteiger partial charge in [-0.05, 0) is 67.1 Å². The zero-order valence-corrected chi connectivity index (χ0v) is 32.3. The highest BCUT2D eigenvalue weighted by atomic mass is 16.5. The van der Waals surface area contributed by atoms with E-state index in [1.807, 2.05) is 44.2 Å². The number of fused-ring (bicyclic) bond motifs is 1. The summed E-state index contributed by atoms with van der Waals surface area (Å²) in [6.07, 6.45) is 1.39. The van der Waals surface area contributed by atoms with Gasteiger partial charge in [-0.15, -0.1) is 0 Å². The fourth-order valence-corrected chi connectivity index (χ4v) is 5.86. The Hall–Kier alpha value is -5.81. The van der Waals surface area contributed by atoms with Crippen LogP contribution in [0.1, 0.15) is 49.2 Å². The lowest BCUT2D eigenvalue weighted by Crippen LogP contribution is -2.52. The Labute approximate surface area is 329 Å². The van der Waals surface area contributed by atoms with E-state index in [1.165, 1.54) is 30.1 Å². The average molecular weight is 784 g/mol. The first kappa shape index (κ1) is 42.3. The number of nitrogens with two attached hydrogens (primary N) is 1. The normalized spacial score (nSPS) is 12.9. The summed E-state index contributed by atoms with van der Waals surface area (Å²) in [6, 6.07) is 18.9. The van der Waals surface area contributed by atoms with E-state index in [-0.39, 0.29) is 61.6 Å². The highest BCUT2D eigenvalue weighted by molar-refractivity contribution is 6.03. The number of hydrogen-bond acceptors (Lipinski definition) is 13. The van der Waals surface area contributed by atoms with E-state index in [9.17, 15) is 24.3 Å². The van der Waals surface area contributed by atoms with Crippen molar-refractivity contribution >= 4 is 34.4 Å². The molecule has 302 valence electrons. The SMILES string of the molecule is COc1ccc(C(=O)Nc2ccc3oc(-c4ccc(=O)n(CCOCCOCCCC(=O)[C@H](CC(C)C)NC(=O)[C@@H](O)[C@H](N)Cc5ccccc5)n4)nc3c2)nc1. The Morgan fingerprint density at radius 1 is 0.965 bits per heavy atom. The Bertz CT molecular complexity index is 2140. The van der Waals surface area contributed by atoms with E-state index in [4.69, 9.17) is 24.4 Å². The number of aliphatic hydroxyl groups excluding tert-OH is 1. The van der Waals surface area contributed by atoms with Crippen LogP contribution in [0.4, 0.5) is 5.69 Å². The maximum atomic E-state index is 13.0. The van der Waals surface area contributed by atoms with Crippen LogP contribution < -0.4 is 26.7 Å². The van der Waals surface area contributed by atoms with Crippen molar-refractivity contribution in [3.05, 3.63) is 101 Å². The van der Waals surface area contributed by atoms with Crippen molar-refractivity contribution in [2.75, 3.05) is 38.9 Å². The van der Waals surface area contributed by atoms with Crippen molar-refractivity contribution in [1.29, 1.82) is 0 Å². The first-order valence-corrected chi connectivity index (χ1v) is 18.8. The van der Waals surface area contributed by atoms with Gasteiger partial charge in [0.25, 0.3) is 17.4 Å². The number of methoxy groups -OCH3 is 1. The van der Waals surface area contributed by atoms with Gasteiger partial charge in [0.15, 0.2) is 11.4 Å². The molecule has 3 heterocycles. The quantitative estimate of drug-likeness (QED) is 0.0739. The number of oxazole rings is 1. The van der Waals surface area contributed by atoms with Crippen molar-refractivity contribution in [3.63, 3.8) is 0 Å². The molecule has 2 amide bonds. The highest BCUT2D eigenvalue weighted by Crippen LogP contribution is 2.25. The zero-order valence-electron chi connectivity index (χ0n) is 32.3. The Kier molecular flexibility index (Phi) is 15.5. The summed E-state index contributed by atoms with van der Waals surface area (Å²) >= 11 is 0. The molecule has 0 saturated heterocycles. The molecular weight excluding hydrogens is 734 g/mol. The molecule has 0 spiro atoms. The predicted molar refractivity (Wildman–Crippen MR) is 212 cm³/mol. The van der Waals surface area contributed by atoms with Gasteiger partial charge in [-0.25, -0.2) is 14.6 Å². The Balaban J connectivity index is 1.01. The number of rotatable bonds is 22. The van der Waals surface area contributed by atoms with Crippen LogP contribution in [0.3, 0.4) is 0 Å². The van der Waals surface area contributed by atoms with Crippen molar-refractivity contribution < 1.29 is 38.1 Å². The van der Waals surface area contributed by atoms with Crippen LogP contribution in [0.2, 0.25) is 0 Å². The van der Waals surface area contributed by atoms with E-state index in [0.717, 1.165) is 5.56 Å². The van der Waals surface area contributed by atoms with Crippen LogP contribution in [-0.2, 0) is 32.0 Å². The summed E-state index contributed by atoms with van der Waals surface area (Å²) in [6.45, 7) is 5.12. The van der Waals surface area contributed by atoms with Gasteiger partial charge >= 0.3 is 0 Å². The second-order valence-corrected chi connectivity index (χ2v) is 13.8. The second-order valence-electron chi connectivity index (χ2n) is 13.8. The van der Waals surface area contributed by atoms with E-state index in [0.29, 0.717) is 54.1 Å². The van der Waals surface area contributed by atoms with Crippen molar-refractivity contribution in [2.24, 2.45) is 11.7 Å². The molecule has 3 atom stereocenters. The number of Topliss-reactive ketones (excluding diaryl/α,β-unsaturated/α-hetero) is 1. The number of carbonyl (C=O) groups excluding carboxylic acids is 3. The van der Waals surface area contributed by atoms with Crippen molar-refractivity contribution in [3.8, 4) is 17.3 Å². The number of nitrogens with zero attached hydrogens (tertiary/aromatic N) is 4. The third-order valence-corrected chi connectivity index (χ3v) is 8.87. The smallest absolute Gasteiger partial charge is 0.274 e. The standard InChI is InChI=1S/C41H49N7O9/c1-26(2)22-33(45-40(53)38(51)30(42)23-27-8-5-4-6-9-27)35(49)10-7-18-55-20-21-56-19-17-48-37(50)16-14-32(47-48)41-46-34-24-28(11-15-36(34)57-41)44-39(52)31-13-12-29(54-3)25-43-31/h4-6,8-9,11-16,24-26,30,33,38,51H,7,10,17-23,42H2,1-3H3,(H,44,52)(H,45,53)/t30-,33+,38+/m1/s1. The van der Waals surface area contributed by atoms with E-state index >= 15 is 0 Å². The van der Waals surface area contributed by atoms with E-state index in [1.54, 1.807) is 30.3 Å².